The first-order valence-electron chi connectivity index (χ1n) is 12.9. The number of aryl methyl sites for hydroxylation is 1. The van der Waals surface area contributed by atoms with Crippen LogP contribution in [-0.4, -0.2) is 48.9 Å². The first-order valence-corrected chi connectivity index (χ1v) is 12.9. The SMILES string of the molecule is COc1c(Nc2cc(NC(=O)C3CC3)nc3c2nc(C(F)F)n3C2CCCCO2)cccc1-n1ncnc1C. The molecule has 1 saturated heterocycles. The molecule has 0 radical (unpaired) electrons. The molecule has 4 aromatic rings. The van der Waals surface area contributed by atoms with Crippen LogP contribution >= 0.6 is 0 Å². The number of imidazole rings is 1. The van der Waals surface area contributed by atoms with E-state index in [-0.39, 0.29) is 28.8 Å². The van der Waals surface area contributed by atoms with Gasteiger partial charge in [-0.25, -0.2) is 28.4 Å². The summed E-state index contributed by atoms with van der Waals surface area (Å²) in [5, 5.41) is 10.4. The highest BCUT2D eigenvalue weighted by molar-refractivity contribution is 5.97. The van der Waals surface area contributed by atoms with Gasteiger partial charge in [0.2, 0.25) is 5.91 Å². The second-order valence-electron chi connectivity index (χ2n) is 9.65. The number of nitrogens with one attached hydrogen (secondary N) is 2. The summed E-state index contributed by atoms with van der Waals surface area (Å²) in [7, 11) is 1.53. The third kappa shape index (κ3) is 4.78. The van der Waals surface area contributed by atoms with Crippen molar-refractivity contribution in [2.75, 3.05) is 24.4 Å². The lowest BCUT2D eigenvalue weighted by Crippen LogP contribution is -2.21. The minimum absolute atomic E-state index is 0.0650. The van der Waals surface area contributed by atoms with Crippen LogP contribution in [0.1, 0.15) is 56.4 Å². The maximum Gasteiger partial charge on any atom is 0.295 e. The van der Waals surface area contributed by atoms with Gasteiger partial charge in [0.15, 0.2) is 17.2 Å². The Hall–Kier alpha value is -4.13. The molecule has 1 aliphatic carbocycles. The van der Waals surface area contributed by atoms with Crippen LogP contribution in [-0.2, 0) is 9.53 Å². The molecule has 13 heteroatoms. The van der Waals surface area contributed by atoms with Gasteiger partial charge in [-0.1, -0.05) is 6.07 Å². The predicted octanol–water partition coefficient (Wildman–Crippen LogP) is 5.06. The van der Waals surface area contributed by atoms with Crippen LogP contribution in [0.2, 0.25) is 0 Å². The van der Waals surface area contributed by atoms with E-state index in [1.54, 1.807) is 16.8 Å². The molecular formula is C26H28F2N8O3. The number of ether oxygens (including phenoxy) is 2. The average molecular weight is 539 g/mol. The topological polar surface area (TPSA) is 121 Å². The van der Waals surface area contributed by atoms with Crippen molar-refractivity contribution in [3.63, 3.8) is 0 Å². The number of rotatable bonds is 8. The maximum atomic E-state index is 14.3. The summed E-state index contributed by atoms with van der Waals surface area (Å²) in [6.45, 7) is 2.28. The van der Waals surface area contributed by atoms with Crippen molar-refractivity contribution >= 4 is 34.3 Å². The molecule has 1 aromatic carbocycles. The molecule has 2 fully saturated rings. The highest BCUT2D eigenvalue weighted by Gasteiger charge is 2.32. The van der Waals surface area contributed by atoms with Crippen molar-refractivity contribution in [1.82, 2.24) is 29.3 Å². The third-order valence-electron chi connectivity index (χ3n) is 6.93. The van der Waals surface area contributed by atoms with Crippen LogP contribution in [0.4, 0.5) is 26.0 Å². The fraction of sp³-hybridized carbons (Fsp3) is 0.423. The lowest BCUT2D eigenvalue weighted by molar-refractivity contribution is -0.117. The van der Waals surface area contributed by atoms with Crippen molar-refractivity contribution < 1.29 is 23.0 Å². The number of hydrogen-bond donors (Lipinski definition) is 2. The molecule has 1 amide bonds. The van der Waals surface area contributed by atoms with Crippen LogP contribution in [0.3, 0.4) is 0 Å². The smallest absolute Gasteiger partial charge is 0.295 e. The van der Waals surface area contributed by atoms with Crippen LogP contribution in [0.25, 0.3) is 16.9 Å². The first-order chi connectivity index (χ1) is 18.9. The summed E-state index contributed by atoms with van der Waals surface area (Å²) in [5.41, 5.74) is 2.00. The highest BCUT2D eigenvalue weighted by Crippen LogP contribution is 2.39. The van der Waals surface area contributed by atoms with E-state index in [1.807, 2.05) is 19.1 Å². The molecule has 6 rings (SSSR count). The Balaban J connectivity index is 1.50. The van der Waals surface area contributed by atoms with Gasteiger partial charge in [0.25, 0.3) is 6.43 Å². The summed E-state index contributed by atoms with van der Waals surface area (Å²) in [6, 6.07) is 7.04. The third-order valence-corrected chi connectivity index (χ3v) is 6.93. The number of nitrogens with zero attached hydrogens (tertiary/aromatic N) is 6. The number of methoxy groups -OCH3 is 1. The Morgan fingerprint density at radius 1 is 1.18 bits per heavy atom. The lowest BCUT2D eigenvalue weighted by Gasteiger charge is -2.25. The molecule has 0 spiro atoms. The van der Waals surface area contributed by atoms with Gasteiger partial charge in [-0.15, -0.1) is 0 Å². The molecule has 39 heavy (non-hydrogen) atoms. The average Bonchev–Trinajstić information content (AvgIpc) is 3.59. The molecule has 2 N–H and O–H groups in total. The molecule has 4 heterocycles. The van der Waals surface area contributed by atoms with Gasteiger partial charge in [-0.3, -0.25) is 9.36 Å². The molecule has 2 aliphatic rings. The second-order valence-corrected chi connectivity index (χ2v) is 9.65. The Labute approximate surface area is 222 Å². The quantitative estimate of drug-likeness (QED) is 0.319. The number of benzene rings is 1. The number of aromatic nitrogens is 6. The van der Waals surface area contributed by atoms with Gasteiger partial charge >= 0.3 is 0 Å². The number of carbonyl (C=O) groups is 1. The van der Waals surface area contributed by atoms with Crippen molar-refractivity contribution in [2.45, 2.75) is 51.7 Å². The summed E-state index contributed by atoms with van der Waals surface area (Å²) in [4.78, 5) is 25.7. The Kier molecular flexibility index (Phi) is 6.59. The van der Waals surface area contributed by atoms with Crippen LogP contribution in [0, 0.1) is 12.8 Å². The zero-order chi connectivity index (χ0) is 27.1. The minimum atomic E-state index is -2.85. The van der Waals surface area contributed by atoms with Crippen molar-refractivity contribution in [1.29, 1.82) is 0 Å². The maximum absolute atomic E-state index is 14.3. The summed E-state index contributed by atoms with van der Waals surface area (Å²) in [5.74, 6) is 0.713. The second kappa shape index (κ2) is 10.2. The van der Waals surface area contributed by atoms with Gasteiger partial charge in [-0.2, -0.15) is 5.10 Å². The molecule has 1 atom stereocenters. The number of para-hydroxylation sites is 1. The van der Waals surface area contributed by atoms with Crippen LogP contribution in [0.15, 0.2) is 30.6 Å². The molecule has 0 bridgehead atoms. The summed E-state index contributed by atoms with van der Waals surface area (Å²) in [6.07, 6.45) is 1.84. The predicted molar refractivity (Wildman–Crippen MR) is 139 cm³/mol. The minimum Gasteiger partial charge on any atom is -0.492 e. The molecular weight excluding hydrogens is 510 g/mol. The van der Waals surface area contributed by atoms with E-state index >= 15 is 0 Å². The van der Waals surface area contributed by atoms with E-state index in [0.29, 0.717) is 41.7 Å². The number of halogens is 2. The number of pyridine rings is 1. The van der Waals surface area contributed by atoms with Crippen molar-refractivity contribution in [2.24, 2.45) is 5.92 Å². The van der Waals surface area contributed by atoms with E-state index in [1.165, 1.54) is 18.0 Å². The zero-order valence-corrected chi connectivity index (χ0v) is 21.5. The van der Waals surface area contributed by atoms with Gasteiger partial charge in [0.1, 0.15) is 35.4 Å². The molecule has 3 aromatic heterocycles. The van der Waals surface area contributed by atoms with E-state index in [4.69, 9.17) is 9.47 Å². The van der Waals surface area contributed by atoms with Gasteiger partial charge < -0.3 is 20.1 Å². The number of amides is 1. The molecule has 11 nitrogen and oxygen atoms in total. The first kappa shape index (κ1) is 25.2. The molecule has 1 aliphatic heterocycles. The normalized spacial score (nSPS) is 17.5. The Bertz CT molecular complexity index is 1530. The summed E-state index contributed by atoms with van der Waals surface area (Å²) < 4.78 is 43.2. The largest absolute Gasteiger partial charge is 0.492 e. The monoisotopic (exact) mass is 538 g/mol. The van der Waals surface area contributed by atoms with Crippen molar-refractivity contribution in [3.05, 3.63) is 42.2 Å². The van der Waals surface area contributed by atoms with E-state index in [0.717, 1.165) is 25.7 Å². The molecule has 1 saturated carbocycles. The van der Waals surface area contributed by atoms with Crippen molar-refractivity contribution in [3.8, 4) is 11.4 Å². The van der Waals surface area contributed by atoms with Gasteiger partial charge in [-0.05, 0) is 51.2 Å². The standard InChI is InChI=1S/C26H28F2N8O3/c1-14-29-13-30-36(14)18-7-5-6-16(22(18)38-2)31-17-12-19(33-26(37)15-9-10-15)32-24-21(17)34-25(23(27)28)35(24)20-8-3-4-11-39-20/h5-7,12-13,15,20,23H,3-4,8-11H2,1-2H3,(H2,31,32,33,37). The number of anilines is 3. The van der Waals surface area contributed by atoms with Crippen LogP contribution in [0.5, 0.6) is 5.75 Å². The summed E-state index contributed by atoms with van der Waals surface area (Å²) >= 11 is 0. The van der Waals surface area contributed by atoms with E-state index < -0.39 is 18.5 Å². The Morgan fingerprint density at radius 2 is 2.03 bits per heavy atom. The highest BCUT2D eigenvalue weighted by atomic mass is 19.3. The molecule has 1 unspecified atom stereocenters. The molecule has 204 valence electrons. The fourth-order valence-corrected chi connectivity index (χ4v) is 4.86. The van der Waals surface area contributed by atoms with Crippen LogP contribution < -0.4 is 15.4 Å². The zero-order valence-electron chi connectivity index (χ0n) is 21.5. The Morgan fingerprint density at radius 3 is 2.69 bits per heavy atom. The van der Waals surface area contributed by atoms with Gasteiger partial charge in [0, 0.05) is 18.6 Å². The number of carbonyl (C=O) groups excluding carboxylic acids is 1. The van der Waals surface area contributed by atoms with E-state index in [2.05, 4.69) is 30.7 Å². The van der Waals surface area contributed by atoms with Gasteiger partial charge in [0.05, 0.1) is 18.5 Å². The fourth-order valence-electron chi connectivity index (χ4n) is 4.86. The number of hydrogen-bond acceptors (Lipinski definition) is 8. The lowest BCUT2D eigenvalue weighted by atomic mass is 10.2. The number of fused-ring (bicyclic) bond motifs is 1. The number of alkyl halides is 2. The van der Waals surface area contributed by atoms with E-state index in [9.17, 15) is 13.6 Å².